The lowest BCUT2D eigenvalue weighted by atomic mass is 9.97. The molecule has 0 amide bonds. The van der Waals surface area contributed by atoms with E-state index < -0.39 is 74.5 Å². The lowest BCUT2D eigenvalue weighted by molar-refractivity contribution is -0.192. The number of halogens is 4. The summed E-state index contributed by atoms with van der Waals surface area (Å²) in [5.41, 5.74) is 1.10. The van der Waals surface area contributed by atoms with Crippen molar-refractivity contribution in [3.05, 3.63) is 64.2 Å². The molecule has 17 heteroatoms. The predicted octanol–water partition coefficient (Wildman–Crippen LogP) is 4.00. The van der Waals surface area contributed by atoms with Crippen molar-refractivity contribution in [2.24, 2.45) is 0 Å². The van der Waals surface area contributed by atoms with E-state index >= 15 is 4.39 Å². The number of ether oxygens (including phenoxy) is 2. The van der Waals surface area contributed by atoms with Crippen molar-refractivity contribution in [3.8, 4) is 5.75 Å². The molecule has 3 aromatic rings. The zero-order valence-corrected chi connectivity index (χ0v) is 24.7. The summed E-state index contributed by atoms with van der Waals surface area (Å²) in [6, 6.07) is 10.2. The summed E-state index contributed by atoms with van der Waals surface area (Å²) in [6.07, 6.45) is -10.7. The molecule has 2 heterocycles. The zero-order valence-electron chi connectivity index (χ0n) is 23.0. The molecule has 1 aliphatic rings. The van der Waals surface area contributed by atoms with Crippen molar-refractivity contribution in [1.29, 1.82) is 0 Å². The Bertz CT molecular complexity index is 1590. The Hall–Kier alpha value is -3.20. The molecular formula is C26H29ClF3N4O8P. The number of carbonyl (C=O) groups is 1. The number of nitrogens with one attached hydrogen (secondary N) is 1. The number of nitrogens with zero attached hydrogens (tertiary/aromatic N) is 2. The van der Waals surface area contributed by atoms with Crippen LogP contribution in [0, 0.1) is 0 Å². The molecule has 0 unspecified atom stereocenters. The van der Waals surface area contributed by atoms with Crippen molar-refractivity contribution in [2.75, 3.05) is 12.3 Å². The SMILES string of the molecule is CC(C)OC(=O)[C@H](C)N[P@](=O)(OC[C@@]1(C(F)F)O[C@@H](n2cc(Cl)c(N)nc2=O)[C@H](F)[C@H]1O)Oc1cccc2ccccc12. The van der Waals surface area contributed by atoms with Crippen LogP contribution in [-0.2, 0) is 23.4 Å². The average molecular weight is 649 g/mol. The van der Waals surface area contributed by atoms with Crippen molar-refractivity contribution in [3.63, 3.8) is 0 Å². The Morgan fingerprint density at radius 1 is 1.26 bits per heavy atom. The number of alkyl halides is 3. The number of esters is 1. The Morgan fingerprint density at radius 2 is 1.93 bits per heavy atom. The average Bonchev–Trinajstić information content (AvgIpc) is 3.20. The van der Waals surface area contributed by atoms with Crippen LogP contribution >= 0.6 is 19.3 Å². The van der Waals surface area contributed by atoms with Gasteiger partial charge in [0.2, 0.25) is 0 Å². The fourth-order valence-corrected chi connectivity index (χ4v) is 6.00. The van der Waals surface area contributed by atoms with Crippen molar-refractivity contribution >= 4 is 41.9 Å². The highest BCUT2D eigenvalue weighted by atomic mass is 35.5. The van der Waals surface area contributed by atoms with Gasteiger partial charge in [-0.15, -0.1) is 0 Å². The van der Waals surface area contributed by atoms with Crippen molar-refractivity contribution in [2.45, 2.75) is 63.4 Å². The molecule has 12 nitrogen and oxygen atoms in total. The molecule has 0 aliphatic carbocycles. The van der Waals surface area contributed by atoms with Gasteiger partial charge >= 0.3 is 19.4 Å². The van der Waals surface area contributed by atoms with E-state index in [2.05, 4.69) is 10.1 Å². The smallest absolute Gasteiger partial charge is 0.459 e. The molecule has 0 saturated carbocycles. The summed E-state index contributed by atoms with van der Waals surface area (Å²) in [5.74, 6) is -1.27. The molecule has 1 aliphatic heterocycles. The molecule has 234 valence electrons. The van der Waals surface area contributed by atoms with Gasteiger partial charge in [0.25, 0.3) is 6.43 Å². The number of nitrogen functional groups attached to an aromatic ring is 1. The van der Waals surface area contributed by atoms with Crippen LogP contribution in [0.3, 0.4) is 0 Å². The van der Waals surface area contributed by atoms with Crippen LogP contribution in [-0.4, -0.2) is 63.7 Å². The molecule has 0 spiro atoms. The lowest BCUT2D eigenvalue weighted by Crippen LogP contribution is -2.52. The largest absolute Gasteiger partial charge is 0.462 e. The van der Waals surface area contributed by atoms with Crippen LogP contribution in [0.15, 0.2) is 53.5 Å². The molecule has 1 saturated heterocycles. The Balaban J connectivity index is 1.69. The molecule has 2 aromatic carbocycles. The number of nitrogens with two attached hydrogens (primary N) is 1. The second-order valence-electron chi connectivity index (χ2n) is 9.99. The predicted molar refractivity (Wildman–Crippen MR) is 150 cm³/mol. The number of carbonyl (C=O) groups excluding carboxylic acids is 1. The fourth-order valence-electron chi connectivity index (χ4n) is 4.30. The highest BCUT2D eigenvalue weighted by Crippen LogP contribution is 2.50. The summed E-state index contributed by atoms with van der Waals surface area (Å²) in [4.78, 5) is 28.2. The van der Waals surface area contributed by atoms with Gasteiger partial charge in [-0.2, -0.15) is 10.1 Å². The fraction of sp³-hybridized carbons (Fsp3) is 0.423. The van der Waals surface area contributed by atoms with E-state index in [1.807, 2.05) is 0 Å². The third kappa shape index (κ3) is 6.82. The van der Waals surface area contributed by atoms with Gasteiger partial charge in [-0.3, -0.25) is 13.9 Å². The summed E-state index contributed by atoms with van der Waals surface area (Å²) in [7, 11) is -4.81. The van der Waals surface area contributed by atoms with E-state index in [4.69, 9.17) is 35.9 Å². The first-order valence-corrected chi connectivity index (χ1v) is 14.8. The Morgan fingerprint density at radius 3 is 2.60 bits per heavy atom. The van der Waals surface area contributed by atoms with Gasteiger partial charge in [0.15, 0.2) is 18.0 Å². The number of anilines is 1. The standard InChI is InChI=1S/C26H29ClF3N4O8P/c1-13(2)40-23(36)14(3)33-43(38,42-18-10-6-8-15-7-4-5-9-16(15)18)39-12-26(24(29)30)20(35)19(28)22(41-26)34-11-17(27)21(31)32-25(34)37/h4-11,13-14,19-20,22,24,35H,12H2,1-3H3,(H,33,38)(H2,31,32,37)/t14-,19+,20+,22+,26+,43-/m0/s1. The molecule has 4 rings (SSSR count). The van der Waals surface area contributed by atoms with Crippen LogP contribution in [0.5, 0.6) is 5.75 Å². The Kier molecular flexibility index (Phi) is 9.74. The minimum Gasteiger partial charge on any atom is -0.462 e. The van der Waals surface area contributed by atoms with Crippen LogP contribution < -0.4 is 21.0 Å². The molecule has 4 N–H and O–H groups in total. The minimum atomic E-state index is -4.81. The normalized spacial score (nSPS) is 24.3. The number of aliphatic hydroxyl groups is 1. The zero-order chi connectivity index (χ0) is 31.7. The molecule has 1 fully saturated rings. The topological polar surface area (TPSA) is 164 Å². The summed E-state index contributed by atoms with van der Waals surface area (Å²) in [6.45, 7) is 3.01. The first kappa shape index (κ1) is 32.7. The molecule has 6 atom stereocenters. The Labute approximate surface area is 248 Å². The third-order valence-electron chi connectivity index (χ3n) is 6.48. The van der Waals surface area contributed by atoms with Crippen molar-refractivity contribution < 1.29 is 46.2 Å². The molecule has 43 heavy (non-hydrogen) atoms. The second-order valence-corrected chi connectivity index (χ2v) is 12.1. The molecule has 1 aromatic heterocycles. The number of hydrogen-bond acceptors (Lipinski definition) is 10. The van der Waals surface area contributed by atoms with E-state index in [0.29, 0.717) is 15.3 Å². The van der Waals surface area contributed by atoms with Gasteiger partial charge in [-0.05, 0) is 32.2 Å². The highest BCUT2D eigenvalue weighted by molar-refractivity contribution is 7.52. The van der Waals surface area contributed by atoms with E-state index in [1.54, 1.807) is 50.2 Å². The highest BCUT2D eigenvalue weighted by Gasteiger charge is 2.62. The van der Waals surface area contributed by atoms with Gasteiger partial charge in [0.05, 0.1) is 17.7 Å². The van der Waals surface area contributed by atoms with Gasteiger partial charge < -0.3 is 24.8 Å². The van der Waals surface area contributed by atoms with Crippen LogP contribution in [0.4, 0.5) is 19.0 Å². The maximum absolute atomic E-state index is 15.3. The van der Waals surface area contributed by atoms with Crippen molar-refractivity contribution in [1.82, 2.24) is 14.6 Å². The number of fused-ring (bicyclic) bond motifs is 1. The van der Waals surface area contributed by atoms with Gasteiger partial charge in [-0.25, -0.2) is 22.5 Å². The number of aromatic nitrogens is 2. The third-order valence-corrected chi connectivity index (χ3v) is 8.38. The number of rotatable bonds is 11. The van der Waals surface area contributed by atoms with Gasteiger partial charge in [-0.1, -0.05) is 48.0 Å². The van der Waals surface area contributed by atoms with E-state index in [1.165, 1.54) is 13.0 Å². The first-order valence-electron chi connectivity index (χ1n) is 12.9. The summed E-state index contributed by atoms with van der Waals surface area (Å²) < 4.78 is 80.4. The number of aliphatic hydroxyl groups excluding tert-OH is 1. The first-order chi connectivity index (χ1) is 20.2. The molecule has 0 radical (unpaired) electrons. The summed E-state index contributed by atoms with van der Waals surface area (Å²) in [5, 5.41) is 13.8. The van der Waals surface area contributed by atoms with E-state index in [0.717, 1.165) is 6.20 Å². The van der Waals surface area contributed by atoms with Crippen LogP contribution in [0.25, 0.3) is 10.8 Å². The van der Waals surface area contributed by atoms with Crippen LogP contribution in [0.2, 0.25) is 5.02 Å². The lowest BCUT2D eigenvalue weighted by Gasteiger charge is -2.32. The monoisotopic (exact) mass is 648 g/mol. The molecular weight excluding hydrogens is 620 g/mol. The van der Waals surface area contributed by atoms with Gasteiger partial charge in [0, 0.05) is 11.6 Å². The number of hydrogen-bond donors (Lipinski definition) is 3. The molecule has 0 bridgehead atoms. The van der Waals surface area contributed by atoms with E-state index in [9.17, 15) is 28.0 Å². The second kappa shape index (κ2) is 12.8. The van der Waals surface area contributed by atoms with Crippen LogP contribution in [0.1, 0.15) is 27.0 Å². The number of benzene rings is 2. The summed E-state index contributed by atoms with van der Waals surface area (Å²) >= 11 is 5.87. The minimum absolute atomic E-state index is 0.00673. The maximum atomic E-state index is 15.3. The maximum Gasteiger partial charge on any atom is 0.459 e. The van der Waals surface area contributed by atoms with E-state index in [-0.39, 0.29) is 10.8 Å². The van der Waals surface area contributed by atoms with Gasteiger partial charge in [0.1, 0.15) is 23.7 Å². The quantitative estimate of drug-likeness (QED) is 0.203.